The highest BCUT2D eigenvalue weighted by molar-refractivity contribution is 9.10. The molecule has 0 heterocycles. The Morgan fingerprint density at radius 1 is 1.25 bits per heavy atom. The van der Waals surface area contributed by atoms with Crippen molar-refractivity contribution in [2.24, 2.45) is 0 Å². The lowest BCUT2D eigenvalue weighted by Gasteiger charge is -2.15. The Balaban J connectivity index is 2.14. The lowest BCUT2D eigenvalue weighted by molar-refractivity contribution is 0.282. The summed E-state index contributed by atoms with van der Waals surface area (Å²) >= 11 is 9.56. The van der Waals surface area contributed by atoms with Crippen LogP contribution in [0, 0.1) is 5.82 Å². The number of rotatable bonds is 8. The number of methoxy groups -OCH3 is 1. The van der Waals surface area contributed by atoms with Crippen LogP contribution in [0.2, 0.25) is 5.02 Å². The molecule has 3 nitrogen and oxygen atoms in total. The molecule has 0 fully saturated rings. The van der Waals surface area contributed by atoms with Crippen molar-refractivity contribution in [3.05, 3.63) is 56.8 Å². The molecule has 2 aromatic rings. The SMILES string of the molecule is CCCNCc1cc(Br)c(OCc2ccc(F)cc2Cl)c(OC)c1. The monoisotopic (exact) mass is 415 g/mol. The molecule has 130 valence electrons. The molecule has 2 aromatic carbocycles. The smallest absolute Gasteiger partial charge is 0.175 e. The van der Waals surface area contributed by atoms with Gasteiger partial charge in [-0.15, -0.1) is 0 Å². The Hall–Kier alpha value is -1.30. The third-order valence-corrected chi connectivity index (χ3v) is 4.37. The van der Waals surface area contributed by atoms with Gasteiger partial charge in [-0.1, -0.05) is 24.6 Å². The first-order chi connectivity index (χ1) is 11.5. The summed E-state index contributed by atoms with van der Waals surface area (Å²) < 4.78 is 25.2. The van der Waals surface area contributed by atoms with E-state index in [1.807, 2.05) is 12.1 Å². The van der Waals surface area contributed by atoms with Crippen LogP contribution in [-0.2, 0) is 13.2 Å². The lowest BCUT2D eigenvalue weighted by atomic mass is 10.2. The molecular weight excluding hydrogens is 397 g/mol. The van der Waals surface area contributed by atoms with Gasteiger partial charge in [-0.3, -0.25) is 0 Å². The minimum absolute atomic E-state index is 0.224. The van der Waals surface area contributed by atoms with Crippen LogP contribution in [0.15, 0.2) is 34.8 Å². The molecule has 0 atom stereocenters. The molecule has 0 saturated heterocycles. The predicted octanol–water partition coefficient (Wildman–Crippen LogP) is 5.33. The molecule has 0 saturated carbocycles. The number of halogens is 3. The molecule has 0 bridgehead atoms. The molecule has 0 aromatic heterocycles. The average Bonchev–Trinajstić information content (AvgIpc) is 2.55. The minimum Gasteiger partial charge on any atom is -0.493 e. The number of ether oxygens (including phenoxy) is 2. The maximum Gasteiger partial charge on any atom is 0.175 e. The largest absolute Gasteiger partial charge is 0.493 e. The van der Waals surface area contributed by atoms with E-state index in [9.17, 15) is 4.39 Å². The first kappa shape index (κ1) is 19.0. The minimum atomic E-state index is -0.369. The van der Waals surface area contributed by atoms with E-state index in [-0.39, 0.29) is 12.4 Å². The number of nitrogens with one attached hydrogen (secondary N) is 1. The summed E-state index contributed by atoms with van der Waals surface area (Å²) in [6.45, 7) is 4.07. The second kappa shape index (κ2) is 9.25. The molecule has 0 aliphatic rings. The normalized spacial score (nSPS) is 10.7. The van der Waals surface area contributed by atoms with Crippen molar-refractivity contribution in [3.8, 4) is 11.5 Å². The molecule has 24 heavy (non-hydrogen) atoms. The van der Waals surface area contributed by atoms with Crippen LogP contribution < -0.4 is 14.8 Å². The van der Waals surface area contributed by atoms with Gasteiger partial charge in [0.2, 0.25) is 0 Å². The van der Waals surface area contributed by atoms with Crippen molar-refractivity contribution in [2.45, 2.75) is 26.5 Å². The van der Waals surface area contributed by atoms with E-state index < -0.39 is 0 Å². The molecule has 6 heteroatoms. The Morgan fingerprint density at radius 3 is 2.71 bits per heavy atom. The summed E-state index contributed by atoms with van der Waals surface area (Å²) in [5, 5.41) is 3.69. The maximum atomic E-state index is 13.1. The van der Waals surface area contributed by atoms with Crippen LogP contribution in [0.5, 0.6) is 11.5 Å². The Morgan fingerprint density at radius 2 is 2.04 bits per heavy atom. The highest BCUT2D eigenvalue weighted by atomic mass is 79.9. The fourth-order valence-electron chi connectivity index (χ4n) is 2.21. The Bertz CT molecular complexity index is 697. The summed E-state index contributed by atoms with van der Waals surface area (Å²) in [7, 11) is 1.60. The van der Waals surface area contributed by atoms with Crippen LogP contribution in [-0.4, -0.2) is 13.7 Å². The average molecular weight is 417 g/mol. The first-order valence-corrected chi connectivity index (χ1v) is 8.86. The van der Waals surface area contributed by atoms with E-state index in [1.165, 1.54) is 12.1 Å². The third-order valence-electron chi connectivity index (χ3n) is 3.43. The van der Waals surface area contributed by atoms with Gasteiger partial charge in [0.15, 0.2) is 11.5 Å². The molecule has 0 amide bonds. The standard InChI is InChI=1S/C18H20BrClFNO2/c1-3-6-22-10-12-7-15(19)18(17(8-12)23-2)24-11-13-4-5-14(21)9-16(13)20/h4-5,7-9,22H,3,6,10-11H2,1-2H3. The Kier molecular flexibility index (Phi) is 7.34. The van der Waals surface area contributed by atoms with Gasteiger partial charge in [0, 0.05) is 12.1 Å². The highest BCUT2D eigenvalue weighted by Gasteiger charge is 2.13. The van der Waals surface area contributed by atoms with Crippen molar-refractivity contribution in [1.82, 2.24) is 5.32 Å². The molecular formula is C18H20BrClFNO2. The van der Waals surface area contributed by atoms with Crippen molar-refractivity contribution in [1.29, 1.82) is 0 Å². The second-order valence-electron chi connectivity index (χ2n) is 5.31. The van der Waals surface area contributed by atoms with Crippen molar-refractivity contribution in [3.63, 3.8) is 0 Å². The van der Waals surface area contributed by atoms with Crippen LogP contribution >= 0.6 is 27.5 Å². The van der Waals surface area contributed by atoms with Crippen LogP contribution in [0.3, 0.4) is 0 Å². The van der Waals surface area contributed by atoms with Gasteiger partial charge >= 0.3 is 0 Å². The van der Waals surface area contributed by atoms with E-state index in [2.05, 4.69) is 28.2 Å². The zero-order valence-electron chi connectivity index (χ0n) is 13.7. The zero-order valence-corrected chi connectivity index (χ0v) is 16.0. The van der Waals surface area contributed by atoms with E-state index in [0.717, 1.165) is 29.5 Å². The molecule has 0 unspecified atom stereocenters. The first-order valence-electron chi connectivity index (χ1n) is 7.69. The highest BCUT2D eigenvalue weighted by Crippen LogP contribution is 2.37. The van der Waals surface area contributed by atoms with E-state index in [0.29, 0.717) is 22.1 Å². The van der Waals surface area contributed by atoms with Crippen LogP contribution in [0.4, 0.5) is 4.39 Å². The van der Waals surface area contributed by atoms with E-state index in [4.69, 9.17) is 21.1 Å². The van der Waals surface area contributed by atoms with Crippen LogP contribution in [0.25, 0.3) is 0 Å². The van der Waals surface area contributed by atoms with Gasteiger partial charge in [0.05, 0.1) is 16.6 Å². The van der Waals surface area contributed by atoms with Gasteiger partial charge in [-0.25, -0.2) is 4.39 Å². The lowest BCUT2D eigenvalue weighted by Crippen LogP contribution is -2.14. The number of hydrogen-bond acceptors (Lipinski definition) is 3. The molecule has 2 rings (SSSR count). The summed E-state index contributed by atoms with van der Waals surface area (Å²) in [4.78, 5) is 0. The van der Waals surface area contributed by atoms with Crippen molar-refractivity contribution < 1.29 is 13.9 Å². The summed E-state index contributed by atoms with van der Waals surface area (Å²) in [6.07, 6.45) is 1.08. The quantitative estimate of drug-likeness (QED) is 0.590. The molecule has 0 aliphatic carbocycles. The van der Waals surface area contributed by atoms with Gasteiger partial charge in [-0.05, 0) is 58.7 Å². The molecule has 0 aliphatic heterocycles. The third kappa shape index (κ3) is 5.10. The predicted molar refractivity (Wildman–Crippen MR) is 98.4 cm³/mol. The number of hydrogen-bond donors (Lipinski definition) is 1. The number of benzene rings is 2. The maximum absolute atomic E-state index is 13.1. The van der Waals surface area contributed by atoms with Gasteiger partial charge < -0.3 is 14.8 Å². The van der Waals surface area contributed by atoms with Gasteiger partial charge in [0.25, 0.3) is 0 Å². The summed E-state index contributed by atoms with van der Waals surface area (Å²) in [6, 6.07) is 8.18. The van der Waals surface area contributed by atoms with Gasteiger partial charge in [-0.2, -0.15) is 0 Å². The summed E-state index contributed by atoms with van der Waals surface area (Å²) in [5.74, 6) is 0.861. The molecule has 0 spiro atoms. The fraction of sp³-hybridized carbons (Fsp3) is 0.333. The second-order valence-corrected chi connectivity index (χ2v) is 6.57. The van der Waals surface area contributed by atoms with E-state index in [1.54, 1.807) is 13.2 Å². The molecule has 0 radical (unpaired) electrons. The zero-order chi connectivity index (χ0) is 17.5. The fourth-order valence-corrected chi connectivity index (χ4v) is 3.04. The Labute approximate surface area is 155 Å². The van der Waals surface area contributed by atoms with Gasteiger partial charge in [0.1, 0.15) is 12.4 Å². The topological polar surface area (TPSA) is 30.5 Å². The van der Waals surface area contributed by atoms with Crippen molar-refractivity contribution >= 4 is 27.5 Å². The summed E-state index contributed by atoms with van der Waals surface area (Å²) in [5.41, 5.74) is 1.81. The van der Waals surface area contributed by atoms with Crippen LogP contribution in [0.1, 0.15) is 24.5 Å². The molecule has 1 N–H and O–H groups in total. The van der Waals surface area contributed by atoms with E-state index >= 15 is 0 Å². The van der Waals surface area contributed by atoms with Crippen molar-refractivity contribution in [2.75, 3.05) is 13.7 Å².